The first-order valence-electron chi connectivity index (χ1n) is 7.20. The van der Waals surface area contributed by atoms with Gasteiger partial charge in [-0.2, -0.15) is 10.5 Å². The first kappa shape index (κ1) is 19.5. The van der Waals surface area contributed by atoms with Crippen molar-refractivity contribution in [2.75, 3.05) is 12.4 Å². The molecule has 1 aromatic rings. The molecule has 1 aromatic carbocycles. The van der Waals surface area contributed by atoms with Crippen LogP contribution in [-0.4, -0.2) is 52.1 Å². The molecule has 1 rings (SSSR count). The minimum absolute atomic E-state index is 0.0797. The number of carbonyl (C=O) groups excluding carboxylic acids is 1. The number of hydrogen-bond donors (Lipinski definition) is 3. The van der Waals surface area contributed by atoms with Gasteiger partial charge in [-0.1, -0.05) is 0 Å². The molecule has 3 N–H and O–H groups in total. The van der Waals surface area contributed by atoms with Crippen LogP contribution < -0.4 is 5.32 Å². The average molecular weight is 344 g/mol. The zero-order valence-corrected chi connectivity index (χ0v) is 13.3. The summed E-state index contributed by atoms with van der Waals surface area (Å²) in [5.41, 5.74) is 0.789. The molecule has 0 bridgehead atoms. The monoisotopic (exact) mass is 344 g/mol. The van der Waals surface area contributed by atoms with Gasteiger partial charge < -0.3 is 15.5 Å². The molecular weight excluding hydrogens is 328 g/mol. The number of nitriles is 2. The third kappa shape index (κ3) is 4.94. The molecule has 0 unspecified atom stereocenters. The highest BCUT2D eigenvalue weighted by Crippen LogP contribution is 2.18. The van der Waals surface area contributed by atoms with Crippen LogP contribution in [0.5, 0.6) is 0 Å². The van der Waals surface area contributed by atoms with Gasteiger partial charge in [0.05, 0.1) is 0 Å². The standard InChI is InChI=1S/C16H16N4O5/c1-19-11-4-2-10(3-5-11)15(23)20(12(8-17)9-18)13(16(24)25)6-7-14(21)22/h2-5,12-13,19H,6-7H2,1H3,(H,21,22)(H,24,25)/t13-/m0/s1. The summed E-state index contributed by atoms with van der Waals surface area (Å²) in [4.78, 5) is 35.5. The number of nitrogens with zero attached hydrogens (tertiary/aromatic N) is 3. The van der Waals surface area contributed by atoms with Gasteiger partial charge in [-0.25, -0.2) is 4.79 Å². The normalized spacial score (nSPS) is 11.0. The molecule has 0 radical (unpaired) electrons. The Morgan fingerprint density at radius 1 is 1.16 bits per heavy atom. The molecule has 0 saturated heterocycles. The Labute approximate surface area is 143 Å². The first-order valence-corrected chi connectivity index (χ1v) is 7.20. The summed E-state index contributed by atoms with van der Waals surface area (Å²) >= 11 is 0. The number of hydrogen-bond acceptors (Lipinski definition) is 6. The zero-order chi connectivity index (χ0) is 19.0. The lowest BCUT2D eigenvalue weighted by Gasteiger charge is -2.29. The molecule has 1 atom stereocenters. The van der Waals surface area contributed by atoms with E-state index in [9.17, 15) is 19.5 Å². The van der Waals surface area contributed by atoms with Crippen LogP contribution >= 0.6 is 0 Å². The Morgan fingerprint density at radius 2 is 1.72 bits per heavy atom. The number of carboxylic acid groups (broad SMARTS) is 2. The van der Waals surface area contributed by atoms with E-state index in [0.717, 1.165) is 0 Å². The number of benzene rings is 1. The van der Waals surface area contributed by atoms with Crippen molar-refractivity contribution >= 4 is 23.5 Å². The van der Waals surface area contributed by atoms with Crippen molar-refractivity contribution < 1.29 is 24.6 Å². The molecule has 0 aliphatic rings. The summed E-state index contributed by atoms with van der Waals surface area (Å²) in [5.74, 6) is -3.58. The smallest absolute Gasteiger partial charge is 0.326 e. The second-order valence-corrected chi connectivity index (χ2v) is 4.99. The van der Waals surface area contributed by atoms with Crippen LogP contribution in [0.2, 0.25) is 0 Å². The van der Waals surface area contributed by atoms with E-state index in [2.05, 4.69) is 5.32 Å². The second kappa shape index (κ2) is 8.89. The topological polar surface area (TPSA) is 155 Å². The Bertz CT molecular complexity index is 718. The van der Waals surface area contributed by atoms with Crippen molar-refractivity contribution in [3.63, 3.8) is 0 Å². The lowest BCUT2D eigenvalue weighted by Crippen LogP contribution is -2.50. The molecule has 0 saturated carbocycles. The van der Waals surface area contributed by atoms with Gasteiger partial charge in [-0.3, -0.25) is 14.5 Å². The predicted octanol–water partition coefficient (Wildman–Crippen LogP) is 0.904. The van der Waals surface area contributed by atoms with E-state index in [1.54, 1.807) is 31.3 Å². The minimum atomic E-state index is -1.66. The molecule has 130 valence electrons. The van der Waals surface area contributed by atoms with E-state index in [4.69, 9.17) is 15.6 Å². The van der Waals surface area contributed by atoms with Gasteiger partial charge in [0, 0.05) is 24.7 Å². The van der Waals surface area contributed by atoms with E-state index in [1.165, 1.54) is 12.1 Å². The maximum absolute atomic E-state index is 12.7. The summed E-state index contributed by atoms with van der Waals surface area (Å²) < 4.78 is 0. The zero-order valence-electron chi connectivity index (χ0n) is 13.3. The van der Waals surface area contributed by atoms with E-state index in [-0.39, 0.29) is 5.56 Å². The molecule has 0 aliphatic carbocycles. The molecule has 9 heteroatoms. The van der Waals surface area contributed by atoms with Crippen LogP contribution in [0.3, 0.4) is 0 Å². The predicted molar refractivity (Wildman–Crippen MR) is 85.5 cm³/mol. The van der Waals surface area contributed by atoms with Gasteiger partial charge >= 0.3 is 11.9 Å². The van der Waals surface area contributed by atoms with E-state index in [1.807, 2.05) is 0 Å². The molecule has 0 spiro atoms. The number of anilines is 1. The van der Waals surface area contributed by atoms with Crippen molar-refractivity contribution in [1.82, 2.24) is 4.90 Å². The molecule has 0 aliphatic heterocycles. The maximum Gasteiger partial charge on any atom is 0.326 e. The summed E-state index contributed by atoms with van der Waals surface area (Å²) in [7, 11) is 1.68. The highest BCUT2D eigenvalue weighted by atomic mass is 16.4. The van der Waals surface area contributed by atoms with E-state index < -0.39 is 42.8 Å². The Balaban J connectivity index is 3.27. The molecule has 9 nitrogen and oxygen atoms in total. The number of carboxylic acids is 2. The third-order valence-electron chi connectivity index (χ3n) is 3.43. The quantitative estimate of drug-likeness (QED) is 0.628. The van der Waals surface area contributed by atoms with Crippen molar-refractivity contribution in [3.05, 3.63) is 29.8 Å². The number of rotatable bonds is 8. The fourth-order valence-electron chi connectivity index (χ4n) is 2.16. The van der Waals surface area contributed by atoms with E-state index in [0.29, 0.717) is 10.6 Å². The molecule has 0 heterocycles. The van der Waals surface area contributed by atoms with Crippen LogP contribution in [0.1, 0.15) is 23.2 Å². The molecule has 25 heavy (non-hydrogen) atoms. The lowest BCUT2D eigenvalue weighted by molar-refractivity contribution is -0.143. The Morgan fingerprint density at radius 3 is 2.12 bits per heavy atom. The van der Waals surface area contributed by atoms with Crippen molar-refractivity contribution in [1.29, 1.82) is 10.5 Å². The SMILES string of the molecule is CNc1ccc(C(=O)N(C(C#N)C#N)[C@@H](CCC(=O)O)C(=O)O)cc1. The van der Waals surface area contributed by atoms with Crippen molar-refractivity contribution in [2.45, 2.75) is 24.9 Å². The van der Waals surface area contributed by atoms with Gasteiger partial charge in [0.15, 0.2) is 0 Å². The fourth-order valence-corrected chi connectivity index (χ4v) is 2.16. The highest BCUT2D eigenvalue weighted by Gasteiger charge is 2.36. The Hall–Kier alpha value is -3.59. The van der Waals surface area contributed by atoms with Crippen LogP contribution in [-0.2, 0) is 9.59 Å². The molecule has 0 fully saturated rings. The maximum atomic E-state index is 12.7. The van der Waals surface area contributed by atoms with Gasteiger partial charge in [0.1, 0.15) is 18.2 Å². The van der Waals surface area contributed by atoms with Gasteiger partial charge in [-0.15, -0.1) is 0 Å². The largest absolute Gasteiger partial charge is 0.481 e. The minimum Gasteiger partial charge on any atom is -0.481 e. The van der Waals surface area contributed by atoms with Gasteiger partial charge in [-0.05, 0) is 30.7 Å². The van der Waals surface area contributed by atoms with Crippen molar-refractivity contribution in [3.8, 4) is 12.1 Å². The number of nitrogens with one attached hydrogen (secondary N) is 1. The van der Waals surface area contributed by atoms with Crippen molar-refractivity contribution in [2.24, 2.45) is 0 Å². The van der Waals surface area contributed by atoms with Crippen LogP contribution in [0, 0.1) is 22.7 Å². The number of aliphatic carboxylic acids is 2. The summed E-state index contributed by atoms with van der Waals surface area (Å²) in [6, 6.07) is 5.85. The fraction of sp³-hybridized carbons (Fsp3) is 0.312. The first-order chi connectivity index (χ1) is 11.8. The molecular formula is C16H16N4O5. The molecule has 0 aromatic heterocycles. The van der Waals surface area contributed by atoms with E-state index >= 15 is 0 Å². The summed E-state index contributed by atoms with van der Waals surface area (Å²) in [6.45, 7) is 0. The lowest BCUT2D eigenvalue weighted by atomic mass is 10.0. The number of amides is 1. The van der Waals surface area contributed by atoms with Gasteiger partial charge in [0.2, 0.25) is 6.04 Å². The average Bonchev–Trinajstić information content (AvgIpc) is 2.60. The molecule has 1 amide bonds. The van der Waals surface area contributed by atoms with Crippen LogP contribution in [0.4, 0.5) is 5.69 Å². The van der Waals surface area contributed by atoms with Crippen LogP contribution in [0.15, 0.2) is 24.3 Å². The van der Waals surface area contributed by atoms with Crippen LogP contribution in [0.25, 0.3) is 0 Å². The second-order valence-electron chi connectivity index (χ2n) is 4.99. The summed E-state index contributed by atoms with van der Waals surface area (Å²) in [6.07, 6.45) is -0.951. The highest BCUT2D eigenvalue weighted by molar-refractivity contribution is 5.97. The van der Waals surface area contributed by atoms with Gasteiger partial charge in [0.25, 0.3) is 5.91 Å². The Kier molecular flexibility index (Phi) is 6.92. The number of carbonyl (C=O) groups is 3. The third-order valence-corrected chi connectivity index (χ3v) is 3.43. The summed E-state index contributed by atoms with van der Waals surface area (Å²) in [5, 5.41) is 39.2.